The van der Waals surface area contributed by atoms with E-state index in [2.05, 4.69) is 6.58 Å². The highest BCUT2D eigenvalue weighted by molar-refractivity contribution is 6.04. The normalized spacial score (nSPS) is 15.7. The van der Waals surface area contributed by atoms with Crippen LogP contribution >= 0.6 is 0 Å². The monoisotopic (exact) mass is 662 g/mol. The molecule has 1 aliphatic rings. The Hall–Kier alpha value is -4.37. The number of benzene rings is 2. The Morgan fingerprint density at radius 1 is 0.596 bits per heavy atom. The maximum Gasteiger partial charge on any atom is 0.338 e. The second-order valence-electron chi connectivity index (χ2n) is 9.81. The van der Waals surface area contributed by atoms with Crippen molar-refractivity contribution < 1.29 is 66.5 Å². The van der Waals surface area contributed by atoms with Gasteiger partial charge in [-0.05, 0) is 36.8 Å². The lowest BCUT2D eigenvalue weighted by Crippen LogP contribution is -2.17. The van der Waals surface area contributed by atoms with Crippen molar-refractivity contribution in [1.82, 2.24) is 0 Å². The van der Waals surface area contributed by atoms with Crippen LogP contribution in [0.5, 0.6) is 23.0 Å². The molecule has 0 aliphatic carbocycles. The molecule has 0 bridgehead atoms. The highest BCUT2D eigenvalue weighted by Crippen LogP contribution is 2.32. The van der Waals surface area contributed by atoms with Crippen LogP contribution in [-0.4, -0.2) is 111 Å². The zero-order chi connectivity index (χ0) is 33.9. The summed E-state index contributed by atoms with van der Waals surface area (Å²) in [6, 6.07) is 8.00. The van der Waals surface area contributed by atoms with Gasteiger partial charge >= 0.3 is 17.9 Å². The molecule has 258 valence electrons. The Balaban J connectivity index is 1.62. The summed E-state index contributed by atoms with van der Waals surface area (Å²) < 4.78 is 60.8. The number of rotatable bonds is 5. The quantitative estimate of drug-likeness (QED) is 0.262. The Morgan fingerprint density at radius 3 is 1.38 bits per heavy atom. The first-order valence-corrected chi connectivity index (χ1v) is 15.0. The van der Waals surface area contributed by atoms with Gasteiger partial charge in [0.25, 0.3) is 0 Å². The van der Waals surface area contributed by atoms with Crippen LogP contribution in [0, 0.1) is 0 Å². The lowest BCUT2D eigenvalue weighted by Gasteiger charge is -2.17. The van der Waals surface area contributed by atoms with Crippen LogP contribution in [0.3, 0.4) is 0 Å². The predicted molar refractivity (Wildman–Crippen MR) is 165 cm³/mol. The predicted octanol–water partition coefficient (Wildman–Crippen LogP) is 3.17. The van der Waals surface area contributed by atoms with Gasteiger partial charge in [-0.15, -0.1) is 0 Å². The maximum atomic E-state index is 12.4. The molecule has 14 heteroatoms. The summed E-state index contributed by atoms with van der Waals surface area (Å²) in [4.78, 5) is 36.6. The van der Waals surface area contributed by atoms with Gasteiger partial charge in [-0.3, -0.25) is 0 Å². The molecule has 14 nitrogen and oxygen atoms in total. The van der Waals surface area contributed by atoms with Crippen molar-refractivity contribution in [1.29, 1.82) is 0 Å². The van der Waals surface area contributed by atoms with Gasteiger partial charge < -0.3 is 52.1 Å². The first-order chi connectivity index (χ1) is 22.8. The molecule has 0 aromatic heterocycles. The van der Waals surface area contributed by atoms with Crippen molar-refractivity contribution in [3.8, 4) is 23.0 Å². The molecule has 0 saturated carbocycles. The molecular weight excluding hydrogens is 620 g/mol. The Morgan fingerprint density at radius 2 is 0.979 bits per heavy atom. The topological polar surface area (TPSA) is 153 Å². The van der Waals surface area contributed by atoms with Crippen LogP contribution in [-0.2, 0) is 44.6 Å². The third kappa shape index (κ3) is 12.7. The number of carbonyl (C=O) groups excluding carboxylic acids is 3. The summed E-state index contributed by atoms with van der Waals surface area (Å²) in [6.45, 7) is 8.14. The third-order valence-corrected chi connectivity index (χ3v) is 6.31. The smallest absolute Gasteiger partial charge is 0.338 e. The molecule has 0 N–H and O–H groups in total. The molecule has 0 unspecified atom stereocenters. The van der Waals surface area contributed by atoms with E-state index in [9.17, 15) is 14.4 Å². The van der Waals surface area contributed by atoms with Gasteiger partial charge in [0, 0.05) is 5.57 Å². The van der Waals surface area contributed by atoms with Gasteiger partial charge in [-0.2, -0.15) is 0 Å². The van der Waals surface area contributed by atoms with Gasteiger partial charge in [0.05, 0.1) is 78.2 Å². The summed E-state index contributed by atoms with van der Waals surface area (Å²) in [7, 11) is 2.41. The number of methoxy groups -OCH3 is 2. The fourth-order valence-corrected chi connectivity index (χ4v) is 3.98. The molecule has 0 saturated heterocycles. The molecule has 0 spiro atoms. The molecule has 0 atom stereocenters. The minimum absolute atomic E-state index is 0.0315. The Kier molecular flexibility index (Phi) is 16.3. The highest BCUT2D eigenvalue weighted by atomic mass is 16.6. The average Bonchev–Trinajstić information content (AvgIpc) is 3.08. The molecule has 2 aromatic rings. The van der Waals surface area contributed by atoms with Crippen LogP contribution in [0.2, 0.25) is 0 Å². The number of ether oxygens (including phenoxy) is 11. The number of hydrogen-bond donors (Lipinski definition) is 0. The Labute approximate surface area is 273 Å². The highest BCUT2D eigenvalue weighted by Gasteiger charge is 2.23. The summed E-state index contributed by atoms with van der Waals surface area (Å²) in [5.74, 6) is -0.545. The summed E-state index contributed by atoms with van der Waals surface area (Å²) in [5.41, 5.74) is 0.967. The molecule has 3 rings (SSSR count). The molecule has 1 heterocycles. The lowest BCUT2D eigenvalue weighted by atomic mass is 10.1. The standard InChI is InChI=1S/C33H42O14/c1-23(2)31(34)47-22-24-5-6-27-28(19-24)44-16-12-40-9-10-42-14-18-46-30-21-26(33(36)38-4)25(32(35)37-3)20-29(30)45-17-13-41-8-7-39-11-15-43-27/h5-6,19-21H,1,7-18,22H2,2-4H3. The van der Waals surface area contributed by atoms with Crippen LogP contribution < -0.4 is 18.9 Å². The minimum atomic E-state index is -0.736. The molecule has 0 amide bonds. The van der Waals surface area contributed by atoms with Crippen molar-refractivity contribution >= 4 is 17.9 Å². The molecule has 0 radical (unpaired) electrons. The maximum absolute atomic E-state index is 12.4. The van der Waals surface area contributed by atoms with Gasteiger partial charge in [-0.25, -0.2) is 14.4 Å². The molecule has 47 heavy (non-hydrogen) atoms. The lowest BCUT2D eigenvalue weighted by molar-refractivity contribution is -0.140. The molecule has 1 aliphatic heterocycles. The van der Waals surface area contributed by atoms with Crippen molar-refractivity contribution in [2.45, 2.75) is 13.5 Å². The fourth-order valence-electron chi connectivity index (χ4n) is 3.98. The van der Waals surface area contributed by atoms with Crippen LogP contribution in [0.25, 0.3) is 0 Å². The largest absolute Gasteiger partial charge is 0.487 e. The number of hydrogen-bond acceptors (Lipinski definition) is 14. The zero-order valence-electron chi connectivity index (χ0n) is 27.0. The van der Waals surface area contributed by atoms with Gasteiger partial charge in [0.2, 0.25) is 0 Å². The second-order valence-corrected chi connectivity index (χ2v) is 9.81. The van der Waals surface area contributed by atoms with Crippen LogP contribution in [0.15, 0.2) is 42.5 Å². The minimum Gasteiger partial charge on any atom is -0.487 e. The van der Waals surface area contributed by atoms with Gasteiger partial charge in [0.15, 0.2) is 23.0 Å². The van der Waals surface area contributed by atoms with Gasteiger partial charge in [-0.1, -0.05) is 12.6 Å². The first kappa shape index (κ1) is 37.1. The summed E-state index contributed by atoms with van der Waals surface area (Å²) in [5, 5.41) is 0. The van der Waals surface area contributed by atoms with Crippen molar-refractivity contribution in [3.05, 3.63) is 59.2 Å². The molecular formula is C33H42O14. The van der Waals surface area contributed by atoms with E-state index in [0.717, 1.165) is 5.56 Å². The average molecular weight is 663 g/mol. The van der Waals surface area contributed by atoms with Crippen molar-refractivity contribution in [2.75, 3.05) is 93.5 Å². The van der Waals surface area contributed by atoms with E-state index in [4.69, 9.17) is 52.1 Å². The van der Waals surface area contributed by atoms with E-state index in [1.807, 2.05) is 0 Å². The second kappa shape index (κ2) is 20.7. The van der Waals surface area contributed by atoms with E-state index in [1.54, 1.807) is 25.1 Å². The third-order valence-electron chi connectivity index (χ3n) is 6.31. The summed E-state index contributed by atoms with van der Waals surface area (Å²) in [6.07, 6.45) is 0. The number of carbonyl (C=O) groups is 3. The Bertz CT molecular complexity index is 1320. The molecule has 0 fully saturated rings. The van der Waals surface area contributed by atoms with E-state index < -0.39 is 17.9 Å². The van der Waals surface area contributed by atoms with Crippen LogP contribution in [0.1, 0.15) is 33.2 Å². The van der Waals surface area contributed by atoms with Crippen LogP contribution in [0.4, 0.5) is 0 Å². The molecule has 2 aromatic carbocycles. The van der Waals surface area contributed by atoms with Gasteiger partial charge in [0.1, 0.15) is 33.0 Å². The van der Waals surface area contributed by atoms with E-state index in [0.29, 0.717) is 43.5 Å². The van der Waals surface area contributed by atoms with E-state index in [1.165, 1.54) is 26.4 Å². The fraction of sp³-hybridized carbons (Fsp3) is 0.485. The first-order valence-electron chi connectivity index (χ1n) is 15.0. The summed E-state index contributed by atoms with van der Waals surface area (Å²) >= 11 is 0. The van der Waals surface area contributed by atoms with E-state index >= 15 is 0 Å². The van der Waals surface area contributed by atoms with Crippen molar-refractivity contribution in [3.63, 3.8) is 0 Å². The number of esters is 3. The SMILES string of the molecule is C=C(C)C(=O)OCc1ccc2c(c1)OCCOCCOCCOc1cc(C(=O)OC)c(C(=O)OC)cc1OCCOCCOCCO2. The number of fused-ring (bicyclic) bond motifs is 2. The zero-order valence-corrected chi connectivity index (χ0v) is 27.0. The van der Waals surface area contributed by atoms with Crippen molar-refractivity contribution in [2.24, 2.45) is 0 Å². The van der Waals surface area contributed by atoms with E-state index in [-0.39, 0.29) is 82.1 Å².